The summed E-state index contributed by atoms with van der Waals surface area (Å²) in [5.41, 5.74) is 3.62. The molecule has 2 aliphatic carbocycles. The average molecular weight is 168 g/mol. The standard InChI is InChI=1S/C10H20N2/c1-6(2)10-4-8(10)7(3)9(5-10)12-11/h6-9,12H,4-5,11H2,1-3H3. The fourth-order valence-corrected chi connectivity index (χ4v) is 3.28. The van der Waals surface area contributed by atoms with Crippen molar-refractivity contribution in [3.8, 4) is 0 Å². The van der Waals surface area contributed by atoms with Gasteiger partial charge in [0.2, 0.25) is 0 Å². The van der Waals surface area contributed by atoms with Gasteiger partial charge in [0.05, 0.1) is 0 Å². The third-order valence-corrected chi connectivity index (χ3v) is 4.41. The van der Waals surface area contributed by atoms with Crippen molar-refractivity contribution in [2.45, 2.75) is 39.7 Å². The van der Waals surface area contributed by atoms with Crippen LogP contribution in [0.5, 0.6) is 0 Å². The predicted molar refractivity (Wildman–Crippen MR) is 50.3 cm³/mol. The van der Waals surface area contributed by atoms with Gasteiger partial charge in [-0.2, -0.15) is 0 Å². The molecule has 0 amide bonds. The van der Waals surface area contributed by atoms with Crippen molar-refractivity contribution in [2.75, 3.05) is 0 Å². The van der Waals surface area contributed by atoms with Crippen LogP contribution in [0.25, 0.3) is 0 Å². The normalized spacial score (nSPS) is 51.2. The highest BCUT2D eigenvalue weighted by Crippen LogP contribution is 2.69. The predicted octanol–water partition coefficient (Wildman–Crippen LogP) is 1.52. The molecule has 0 radical (unpaired) electrons. The first-order valence-electron chi connectivity index (χ1n) is 5.08. The Hall–Kier alpha value is -0.0800. The Morgan fingerprint density at radius 1 is 1.42 bits per heavy atom. The Bertz CT molecular complexity index is 190. The number of nitrogens with two attached hydrogens (primary N) is 1. The quantitative estimate of drug-likeness (QED) is 0.484. The zero-order chi connectivity index (χ0) is 8.93. The van der Waals surface area contributed by atoms with E-state index in [2.05, 4.69) is 26.2 Å². The Kier molecular flexibility index (Phi) is 1.74. The van der Waals surface area contributed by atoms with Gasteiger partial charge in [0, 0.05) is 6.04 Å². The molecule has 0 aromatic carbocycles. The van der Waals surface area contributed by atoms with Crippen molar-refractivity contribution < 1.29 is 0 Å². The molecule has 2 nitrogen and oxygen atoms in total. The fraction of sp³-hybridized carbons (Fsp3) is 1.00. The van der Waals surface area contributed by atoms with E-state index >= 15 is 0 Å². The molecule has 4 atom stereocenters. The second-order valence-electron chi connectivity index (χ2n) is 5.03. The molecule has 0 bridgehead atoms. The second kappa shape index (κ2) is 2.46. The van der Waals surface area contributed by atoms with E-state index in [1.807, 2.05) is 0 Å². The molecule has 0 spiro atoms. The monoisotopic (exact) mass is 168 g/mol. The van der Waals surface area contributed by atoms with E-state index in [1.165, 1.54) is 12.8 Å². The summed E-state index contributed by atoms with van der Waals surface area (Å²) in [7, 11) is 0. The largest absolute Gasteiger partial charge is 0.271 e. The summed E-state index contributed by atoms with van der Waals surface area (Å²) in [4.78, 5) is 0. The summed E-state index contributed by atoms with van der Waals surface area (Å²) in [6.07, 6.45) is 2.75. The molecule has 2 heteroatoms. The molecule has 3 N–H and O–H groups in total. The third kappa shape index (κ3) is 0.882. The molecule has 2 rings (SSSR count). The van der Waals surface area contributed by atoms with Crippen LogP contribution in [0.15, 0.2) is 0 Å². The van der Waals surface area contributed by atoms with Gasteiger partial charge >= 0.3 is 0 Å². The third-order valence-electron chi connectivity index (χ3n) is 4.41. The SMILES string of the molecule is CC1C(NN)CC2(C(C)C)CC12. The van der Waals surface area contributed by atoms with E-state index in [0.29, 0.717) is 11.5 Å². The van der Waals surface area contributed by atoms with Gasteiger partial charge in [-0.05, 0) is 36.0 Å². The highest BCUT2D eigenvalue weighted by molar-refractivity contribution is 5.14. The molecule has 0 heterocycles. The summed E-state index contributed by atoms with van der Waals surface area (Å²) in [5.74, 6) is 8.10. The summed E-state index contributed by atoms with van der Waals surface area (Å²) in [5, 5.41) is 0. The van der Waals surface area contributed by atoms with Crippen LogP contribution in [0.3, 0.4) is 0 Å². The molecule has 12 heavy (non-hydrogen) atoms. The zero-order valence-electron chi connectivity index (χ0n) is 8.30. The smallest absolute Gasteiger partial charge is 0.0244 e. The van der Waals surface area contributed by atoms with Crippen LogP contribution >= 0.6 is 0 Å². The van der Waals surface area contributed by atoms with Crippen molar-refractivity contribution in [3.05, 3.63) is 0 Å². The molecule has 2 saturated carbocycles. The van der Waals surface area contributed by atoms with E-state index < -0.39 is 0 Å². The molecular weight excluding hydrogens is 148 g/mol. The zero-order valence-corrected chi connectivity index (χ0v) is 8.30. The Morgan fingerprint density at radius 3 is 2.42 bits per heavy atom. The number of rotatable bonds is 2. The minimum Gasteiger partial charge on any atom is -0.271 e. The molecular formula is C10H20N2. The topological polar surface area (TPSA) is 38.0 Å². The molecule has 0 saturated heterocycles. The van der Waals surface area contributed by atoms with Crippen LogP contribution in [0.2, 0.25) is 0 Å². The lowest BCUT2D eigenvalue weighted by Crippen LogP contribution is -2.38. The first-order valence-corrected chi connectivity index (χ1v) is 5.08. The van der Waals surface area contributed by atoms with Crippen LogP contribution in [-0.2, 0) is 0 Å². The van der Waals surface area contributed by atoms with Gasteiger partial charge in [0.15, 0.2) is 0 Å². The van der Waals surface area contributed by atoms with E-state index in [1.54, 1.807) is 0 Å². The van der Waals surface area contributed by atoms with Crippen molar-refractivity contribution in [1.29, 1.82) is 0 Å². The second-order valence-corrected chi connectivity index (χ2v) is 5.03. The van der Waals surface area contributed by atoms with Crippen LogP contribution in [0.1, 0.15) is 33.6 Å². The summed E-state index contributed by atoms with van der Waals surface area (Å²) in [6, 6.07) is 0.575. The van der Waals surface area contributed by atoms with Crippen molar-refractivity contribution >= 4 is 0 Å². The molecule has 4 unspecified atom stereocenters. The van der Waals surface area contributed by atoms with Gasteiger partial charge in [0.25, 0.3) is 0 Å². The first kappa shape index (κ1) is 8.52. The molecule has 0 aliphatic heterocycles. The molecule has 2 aliphatic rings. The molecule has 0 aromatic rings. The summed E-state index contributed by atoms with van der Waals surface area (Å²) < 4.78 is 0. The first-order chi connectivity index (χ1) is 5.62. The fourth-order valence-electron chi connectivity index (χ4n) is 3.28. The Balaban J connectivity index is 2.09. The number of hydrazine groups is 1. The van der Waals surface area contributed by atoms with Crippen molar-refractivity contribution in [3.63, 3.8) is 0 Å². The number of nitrogens with one attached hydrogen (secondary N) is 1. The average Bonchev–Trinajstić information content (AvgIpc) is 2.69. The maximum Gasteiger partial charge on any atom is 0.0244 e. The number of fused-ring (bicyclic) bond motifs is 1. The van der Waals surface area contributed by atoms with Gasteiger partial charge in [-0.3, -0.25) is 11.3 Å². The van der Waals surface area contributed by atoms with E-state index in [-0.39, 0.29) is 0 Å². The minimum atomic E-state index is 0.575. The van der Waals surface area contributed by atoms with Gasteiger partial charge in [0.1, 0.15) is 0 Å². The van der Waals surface area contributed by atoms with Crippen molar-refractivity contribution in [2.24, 2.45) is 29.0 Å². The van der Waals surface area contributed by atoms with E-state index in [9.17, 15) is 0 Å². The highest BCUT2D eigenvalue weighted by atomic mass is 15.2. The maximum absolute atomic E-state index is 5.52. The van der Waals surface area contributed by atoms with Crippen LogP contribution < -0.4 is 11.3 Å². The molecule has 70 valence electrons. The molecule has 0 aromatic heterocycles. The van der Waals surface area contributed by atoms with Crippen LogP contribution in [-0.4, -0.2) is 6.04 Å². The van der Waals surface area contributed by atoms with Gasteiger partial charge in [-0.25, -0.2) is 0 Å². The van der Waals surface area contributed by atoms with E-state index in [0.717, 1.165) is 17.8 Å². The van der Waals surface area contributed by atoms with Gasteiger partial charge < -0.3 is 0 Å². The Labute approximate surface area is 74.9 Å². The lowest BCUT2D eigenvalue weighted by Gasteiger charge is -2.20. The van der Waals surface area contributed by atoms with Crippen LogP contribution in [0.4, 0.5) is 0 Å². The minimum absolute atomic E-state index is 0.575. The van der Waals surface area contributed by atoms with Crippen molar-refractivity contribution in [1.82, 2.24) is 5.43 Å². The summed E-state index contributed by atoms with van der Waals surface area (Å²) in [6.45, 7) is 7.05. The van der Waals surface area contributed by atoms with E-state index in [4.69, 9.17) is 5.84 Å². The van der Waals surface area contributed by atoms with Gasteiger partial charge in [-0.1, -0.05) is 20.8 Å². The summed E-state index contributed by atoms with van der Waals surface area (Å²) >= 11 is 0. The lowest BCUT2D eigenvalue weighted by atomic mass is 9.89. The van der Waals surface area contributed by atoms with Crippen LogP contribution in [0, 0.1) is 23.2 Å². The maximum atomic E-state index is 5.52. The Morgan fingerprint density at radius 2 is 2.08 bits per heavy atom. The number of hydrogen-bond acceptors (Lipinski definition) is 2. The molecule has 2 fully saturated rings. The number of hydrogen-bond donors (Lipinski definition) is 2. The van der Waals surface area contributed by atoms with Gasteiger partial charge in [-0.15, -0.1) is 0 Å². The lowest BCUT2D eigenvalue weighted by molar-refractivity contribution is 0.320. The highest BCUT2D eigenvalue weighted by Gasteiger charge is 2.64.